The van der Waals surface area contributed by atoms with Crippen LogP contribution in [0.2, 0.25) is 5.02 Å². The first-order valence-corrected chi connectivity index (χ1v) is 8.00. The molecular formula is C16H17ClN2O2S. The smallest absolute Gasteiger partial charge is 0.266 e. The molecule has 0 bridgehead atoms. The summed E-state index contributed by atoms with van der Waals surface area (Å²) in [7, 11) is 0. The summed E-state index contributed by atoms with van der Waals surface area (Å²) in [5, 5.41) is 10.5. The summed E-state index contributed by atoms with van der Waals surface area (Å²) in [6, 6.07) is 7.38. The third-order valence-corrected chi connectivity index (χ3v) is 4.50. The normalized spacial score (nSPS) is 10.5. The monoisotopic (exact) mass is 336 g/mol. The van der Waals surface area contributed by atoms with Crippen LogP contribution in [0.4, 0.5) is 0 Å². The maximum absolute atomic E-state index is 12.6. The van der Waals surface area contributed by atoms with Gasteiger partial charge in [0.1, 0.15) is 9.88 Å². The minimum Gasteiger partial charge on any atom is -0.395 e. The molecule has 6 heteroatoms. The van der Waals surface area contributed by atoms with Crippen molar-refractivity contribution in [3.05, 3.63) is 52.5 Å². The highest BCUT2D eigenvalue weighted by Gasteiger charge is 2.21. The number of aliphatic hydroxyl groups is 1. The Morgan fingerprint density at radius 3 is 2.95 bits per heavy atom. The zero-order valence-corrected chi connectivity index (χ0v) is 13.8. The molecule has 0 unspecified atom stereocenters. The van der Waals surface area contributed by atoms with Crippen molar-refractivity contribution in [1.82, 2.24) is 9.88 Å². The van der Waals surface area contributed by atoms with Gasteiger partial charge >= 0.3 is 0 Å². The molecule has 0 fully saturated rings. The van der Waals surface area contributed by atoms with Gasteiger partial charge in [-0.1, -0.05) is 29.8 Å². The molecule has 0 aliphatic heterocycles. The van der Waals surface area contributed by atoms with Crippen LogP contribution in [0.25, 0.3) is 10.6 Å². The Morgan fingerprint density at radius 2 is 2.32 bits per heavy atom. The first kappa shape index (κ1) is 16.7. The number of aliphatic hydroxyl groups excluding tert-OH is 1. The summed E-state index contributed by atoms with van der Waals surface area (Å²) in [5.74, 6) is -0.141. The molecule has 1 heterocycles. The van der Waals surface area contributed by atoms with Crippen molar-refractivity contribution < 1.29 is 9.90 Å². The highest BCUT2D eigenvalue weighted by atomic mass is 35.5. The van der Waals surface area contributed by atoms with Gasteiger partial charge < -0.3 is 10.0 Å². The first-order chi connectivity index (χ1) is 10.6. The zero-order chi connectivity index (χ0) is 16.1. The lowest BCUT2D eigenvalue weighted by Crippen LogP contribution is -2.33. The minimum atomic E-state index is -0.141. The number of aromatic nitrogens is 1. The molecule has 1 amide bonds. The van der Waals surface area contributed by atoms with E-state index in [-0.39, 0.29) is 19.1 Å². The predicted molar refractivity (Wildman–Crippen MR) is 90.5 cm³/mol. The van der Waals surface area contributed by atoms with Crippen LogP contribution in [0.1, 0.15) is 15.4 Å². The molecule has 22 heavy (non-hydrogen) atoms. The van der Waals surface area contributed by atoms with Crippen LogP contribution in [0, 0.1) is 6.92 Å². The molecule has 0 saturated carbocycles. The van der Waals surface area contributed by atoms with Crippen LogP contribution < -0.4 is 0 Å². The van der Waals surface area contributed by atoms with E-state index in [9.17, 15) is 4.79 Å². The Labute approximate surface area is 138 Å². The molecule has 2 rings (SSSR count). The lowest BCUT2D eigenvalue weighted by Gasteiger charge is -2.19. The number of carbonyl (C=O) groups excluding carboxylic acids is 1. The van der Waals surface area contributed by atoms with Crippen molar-refractivity contribution in [1.29, 1.82) is 0 Å². The van der Waals surface area contributed by atoms with Crippen LogP contribution in [0.15, 0.2) is 36.9 Å². The van der Waals surface area contributed by atoms with E-state index >= 15 is 0 Å². The van der Waals surface area contributed by atoms with Crippen LogP contribution in [0.5, 0.6) is 0 Å². The summed E-state index contributed by atoms with van der Waals surface area (Å²) >= 11 is 7.33. The number of amides is 1. The van der Waals surface area contributed by atoms with Crippen molar-refractivity contribution in [2.75, 3.05) is 19.7 Å². The number of thiazole rings is 1. The zero-order valence-electron chi connectivity index (χ0n) is 12.3. The average molecular weight is 337 g/mol. The topological polar surface area (TPSA) is 53.4 Å². The van der Waals surface area contributed by atoms with Crippen molar-refractivity contribution in [3.8, 4) is 10.6 Å². The summed E-state index contributed by atoms with van der Waals surface area (Å²) < 4.78 is 0. The standard InChI is InChI=1S/C16H17ClN2O2S/c1-3-7-19(8-9-20)16(21)14-11(2)18-15(22-14)12-5-4-6-13(17)10-12/h3-6,10,20H,1,7-9H2,2H3. The van der Waals surface area contributed by atoms with E-state index in [1.54, 1.807) is 17.0 Å². The van der Waals surface area contributed by atoms with Gasteiger partial charge in [0.25, 0.3) is 5.91 Å². The number of halogens is 1. The molecule has 1 aromatic carbocycles. The Kier molecular flexibility index (Phi) is 5.71. The van der Waals surface area contributed by atoms with E-state index in [4.69, 9.17) is 16.7 Å². The summed E-state index contributed by atoms with van der Waals surface area (Å²) in [4.78, 5) is 19.2. The Balaban J connectivity index is 2.32. The molecule has 0 aliphatic carbocycles. The van der Waals surface area contributed by atoms with Gasteiger partial charge in [0, 0.05) is 23.7 Å². The first-order valence-electron chi connectivity index (χ1n) is 6.81. The van der Waals surface area contributed by atoms with Crippen molar-refractivity contribution in [2.45, 2.75) is 6.92 Å². The fourth-order valence-electron chi connectivity index (χ4n) is 2.04. The van der Waals surface area contributed by atoms with E-state index in [1.807, 2.05) is 25.1 Å². The second kappa shape index (κ2) is 7.54. The number of aryl methyl sites for hydroxylation is 1. The van der Waals surface area contributed by atoms with Crippen LogP contribution in [-0.2, 0) is 0 Å². The maximum Gasteiger partial charge on any atom is 0.266 e. The van der Waals surface area contributed by atoms with Crippen LogP contribution in [-0.4, -0.2) is 40.6 Å². The van der Waals surface area contributed by atoms with Gasteiger partial charge in [0.15, 0.2) is 0 Å². The highest BCUT2D eigenvalue weighted by Crippen LogP contribution is 2.30. The number of nitrogens with zero attached hydrogens (tertiary/aromatic N) is 2. The SMILES string of the molecule is C=CCN(CCO)C(=O)c1sc(-c2cccc(Cl)c2)nc1C. The van der Waals surface area contributed by atoms with E-state index in [0.717, 1.165) is 10.6 Å². The molecule has 0 saturated heterocycles. The fraction of sp³-hybridized carbons (Fsp3) is 0.250. The average Bonchev–Trinajstić information content (AvgIpc) is 2.88. The summed E-state index contributed by atoms with van der Waals surface area (Å²) in [6.07, 6.45) is 1.64. The summed E-state index contributed by atoms with van der Waals surface area (Å²) in [6.45, 7) is 6.03. The van der Waals surface area contributed by atoms with Gasteiger partial charge in [-0.05, 0) is 19.1 Å². The third kappa shape index (κ3) is 3.74. The number of benzene rings is 1. The number of carbonyl (C=O) groups is 1. The molecular weight excluding hydrogens is 320 g/mol. The lowest BCUT2D eigenvalue weighted by molar-refractivity contribution is 0.0746. The second-order valence-electron chi connectivity index (χ2n) is 4.71. The van der Waals surface area contributed by atoms with Crippen LogP contribution >= 0.6 is 22.9 Å². The quantitative estimate of drug-likeness (QED) is 0.823. The number of hydrogen-bond acceptors (Lipinski definition) is 4. The Morgan fingerprint density at radius 1 is 1.55 bits per heavy atom. The molecule has 1 aromatic heterocycles. The van der Waals surface area contributed by atoms with Gasteiger partial charge in [-0.2, -0.15) is 0 Å². The van der Waals surface area contributed by atoms with Gasteiger partial charge in [0.05, 0.1) is 12.3 Å². The lowest BCUT2D eigenvalue weighted by atomic mass is 10.2. The molecule has 1 N–H and O–H groups in total. The number of rotatable bonds is 6. The number of hydrogen-bond donors (Lipinski definition) is 1. The van der Waals surface area contributed by atoms with Crippen LogP contribution in [0.3, 0.4) is 0 Å². The van der Waals surface area contributed by atoms with Gasteiger partial charge in [-0.15, -0.1) is 17.9 Å². The van der Waals surface area contributed by atoms with E-state index < -0.39 is 0 Å². The Hall–Kier alpha value is -1.69. The molecule has 2 aromatic rings. The van der Waals surface area contributed by atoms with E-state index in [2.05, 4.69) is 11.6 Å². The molecule has 4 nitrogen and oxygen atoms in total. The summed E-state index contributed by atoms with van der Waals surface area (Å²) in [5.41, 5.74) is 1.56. The molecule has 0 spiro atoms. The third-order valence-electron chi connectivity index (χ3n) is 3.07. The van der Waals surface area contributed by atoms with E-state index in [1.165, 1.54) is 11.3 Å². The second-order valence-corrected chi connectivity index (χ2v) is 6.14. The Bertz CT molecular complexity index is 685. The fourth-order valence-corrected chi connectivity index (χ4v) is 3.26. The van der Waals surface area contributed by atoms with Gasteiger partial charge in [-0.3, -0.25) is 4.79 Å². The predicted octanol–water partition coefficient (Wildman–Crippen LogP) is 3.39. The molecule has 116 valence electrons. The van der Waals surface area contributed by atoms with Crippen molar-refractivity contribution in [2.24, 2.45) is 0 Å². The molecule has 0 radical (unpaired) electrons. The highest BCUT2D eigenvalue weighted by molar-refractivity contribution is 7.17. The largest absolute Gasteiger partial charge is 0.395 e. The van der Waals surface area contributed by atoms with Gasteiger partial charge in [0.2, 0.25) is 0 Å². The van der Waals surface area contributed by atoms with Crippen molar-refractivity contribution >= 4 is 28.8 Å². The maximum atomic E-state index is 12.6. The minimum absolute atomic E-state index is 0.0847. The van der Waals surface area contributed by atoms with E-state index in [0.29, 0.717) is 22.1 Å². The molecule has 0 atom stereocenters. The van der Waals surface area contributed by atoms with Gasteiger partial charge in [-0.25, -0.2) is 4.98 Å². The molecule has 0 aliphatic rings. The van der Waals surface area contributed by atoms with Crippen molar-refractivity contribution in [3.63, 3.8) is 0 Å².